The Balaban J connectivity index is 1.56. The van der Waals surface area contributed by atoms with Crippen molar-refractivity contribution in [2.75, 3.05) is 19.4 Å². The zero-order valence-electron chi connectivity index (χ0n) is 17.9. The van der Waals surface area contributed by atoms with Gasteiger partial charge in [-0.3, -0.25) is 0 Å². The Hall–Kier alpha value is -1.36. The summed E-state index contributed by atoms with van der Waals surface area (Å²) in [6.07, 6.45) is 3.70. The van der Waals surface area contributed by atoms with Crippen molar-refractivity contribution in [1.82, 2.24) is 10.0 Å². The first kappa shape index (κ1) is 24.3. The normalized spacial score (nSPS) is 28.3. The van der Waals surface area contributed by atoms with Crippen LogP contribution in [0.25, 0.3) is 0 Å². The molecule has 1 aromatic rings. The molecule has 2 fully saturated rings. The molecular formula is C21H31F3N2O4S. The van der Waals surface area contributed by atoms with Gasteiger partial charge in [0, 0.05) is 30.6 Å². The molecule has 1 heterocycles. The summed E-state index contributed by atoms with van der Waals surface area (Å²) < 4.78 is 78.2. The average molecular weight is 465 g/mol. The number of rotatable bonds is 8. The number of nitrogens with one attached hydrogen (secondary N) is 2. The van der Waals surface area contributed by atoms with Crippen molar-refractivity contribution in [2.45, 2.75) is 75.9 Å². The van der Waals surface area contributed by atoms with Gasteiger partial charge in [0.15, 0.2) is 11.6 Å². The molecule has 2 N–H and O–H groups in total. The van der Waals surface area contributed by atoms with Crippen LogP contribution in [0.3, 0.4) is 0 Å². The van der Waals surface area contributed by atoms with E-state index < -0.39 is 28.0 Å². The van der Waals surface area contributed by atoms with E-state index in [1.807, 2.05) is 0 Å². The fourth-order valence-corrected chi connectivity index (χ4v) is 5.33. The maximum atomic E-state index is 14.2. The molecule has 1 aliphatic heterocycles. The second-order valence-electron chi connectivity index (χ2n) is 8.47. The van der Waals surface area contributed by atoms with Crippen LogP contribution < -0.4 is 14.8 Å². The van der Waals surface area contributed by atoms with Gasteiger partial charge in [0.05, 0.1) is 19.0 Å². The Kier molecular flexibility index (Phi) is 8.23. The lowest BCUT2D eigenvalue weighted by Crippen LogP contribution is -2.55. The van der Waals surface area contributed by atoms with Gasteiger partial charge < -0.3 is 14.8 Å². The van der Waals surface area contributed by atoms with E-state index in [-0.39, 0.29) is 29.9 Å². The number of ether oxygens (including phenoxy) is 2. The quantitative estimate of drug-likeness (QED) is 0.617. The molecule has 176 valence electrons. The summed E-state index contributed by atoms with van der Waals surface area (Å²) in [5.41, 5.74) is 0.354. The molecule has 0 radical (unpaired) electrons. The highest BCUT2D eigenvalue weighted by Gasteiger charge is 2.31. The zero-order valence-corrected chi connectivity index (χ0v) is 18.7. The fourth-order valence-electron chi connectivity index (χ4n) is 4.49. The molecule has 3 rings (SSSR count). The molecular weight excluding hydrogens is 433 g/mol. The topological polar surface area (TPSA) is 76.7 Å². The standard InChI is InChI=1S/C21H31F3N2O4S/c1-13(22)30-21-17(10-15(23)11-18(21)24)14-5-7-16(8-6-14)29-12-20-19(4-3-9-25-20)26-31(2,27)28/h10-11,13-14,16,19-20,25-26H,3-9,12H2,1-2H3/t13?,14-,16+,19-,20-/m0/s1. The van der Waals surface area contributed by atoms with Crippen molar-refractivity contribution in [3.05, 3.63) is 29.3 Å². The van der Waals surface area contributed by atoms with Gasteiger partial charge in [-0.15, -0.1) is 0 Å². The first-order valence-electron chi connectivity index (χ1n) is 10.7. The minimum Gasteiger partial charge on any atom is -0.457 e. The lowest BCUT2D eigenvalue weighted by Gasteiger charge is -2.35. The predicted molar refractivity (Wildman–Crippen MR) is 111 cm³/mol. The van der Waals surface area contributed by atoms with Crippen molar-refractivity contribution >= 4 is 10.0 Å². The summed E-state index contributed by atoms with van der Waals surface area (Å²) in [6.45, 7) is 2.34. The van der Waals surface area contributed by atoms with Crippen molar-refractivity contribution in [3.8, 4) is 5.75 Å². The summed E-state index contributed by atoms with van der Waals surface area (Å²) >= 11 is 0. The van der Waals surface area contributed by atoms with E-state index in [0.29, 0.717) is 43.9 Å². The van der Waals surface area contributed by atoms with Gasteiger partial charge in [-0.25, -0.2) is 26.3 Å². The van der Waals surface area contributed by atoms with Crippen molar-refractivity contribution in [1.29, 1.82) is 0 Å². The smallest absolute Gasteiger partial charge is 0.235 e. The van der Waals surface area contributed by atoms with E-state index in [1.165, 1.54) is 6.07 Å². The third kappa shape index (κ3) is 7.06. The van der Waals surface area contributed by atoms with Crippen LogP contribution in [0, 0.1) is 11.6 Å². The molecule has 0 amide bonds. The van der Waals surface area contributed by atoms with Crippen LogP contribution in [-0.2, 0) is 14.8 Å². The molecule has 0 spiro atoms. The number of piperidine rings is 1. The summed E-state index contributed by atoms with van der Waals surface area (Å²) in [6, 6.07) is 1.61. The lowest BCUT2D eigenvalue weighted by molar-refractivity contribution is 0.00475. The predicted octanol–water partition coefficient (Wildman–Crippen LogP) is 3.37. The molecule has 10 heteroatoms. The highest BCUT2D eigenvalue weighted by molar-refractivity contribution is 7.88. The second-order valence-corrected chi connectivity index (χ2v) is 10.3. The largest absolute Gasteiger partial charge is 0.457 e. The lowest BCUT2D eigenvalue weighted by atomic mass is 9.82. The number of hydrogen-bond acceptors (Lipinski definition) is 5. The van der Waals surface area contributed by atoms with Crippen LogP contribution in [0.1, 0.15) is 56.9 Å². The Morgan fingerprint density at radius 1 is 1.19 bits per heavy atom. The van der Waals surface area contributed by atoms with Crippen LogP contribution in [0.15, 0.2) is 12.1 Å². The summed E-state index contributed by atoms with van der Waals surface area (Å²) in [7, 11) is -3.30. The van der Waals surface area contributed by atoms with E-state index in [0.717, 1.165) is 32.6 Å². The molecule has 0 bridgehead atoms. The number of benzene rings is 1. The number of alkyl halides is 1. The highest BCUT2D eigenvalue weighted by atomic mass is 32.2. The second kappa shape index (κ2) is 10.5. The molecule has 6 nitrogen and oxygen atoms in total. The Bertz CT molecular complexity index is 845. The van der Waals surface area contributed by atoms with Gasteiger partial charge in [-0.05, 0) is 57.1 Å². The van der Waals surface area contributed by atoms with Gasteiger partial charge in [0.25, 0.3) is 0 Å². The van der Waals surface area contributed by atoms with Gasteiger partial charge in [-0.1, -0.05) is 0 Å². The maximum Gasteiger partial charge on any atom is 0.235 e. The third-order valence-corrected chi connectivity index (χ3v) is 6.62. The van der Waals surface area contributed by atoms with E-state index in [9.17, 15) is 21.6 Å². The number of hydrogen-bond donors (Lipinski definition) is 2. The monoisotopic (exact) mass is 464 g/mol. The van der Waals surface area contributed by atoms with Crippen LogP contribution in [0.4, 0.5) is 13.2 Å². The highest BCUT2D eigenvalue weighted by Crippen LogP contribution is 2.40. The number of halogens is 3. The first-order valence-corrected chi connectivity index (χ1v) is 12.6. The number of sulfonamides is 1. The molecule has 1 aliphatic carbocycles. The van der Waals surface area contributed by atoms with E-state index >= 15 is 0 Å². The third-order valence-electron chi connectivity index (χ3n) is 5.89. The summed E-state index contributed by atoms with van der Waals surface area (Å²) in [5.74, 6) is -1.98. The SMILES string of the molecule is CC(F)Oc1c(F)cc(F)cc1[C@H]1CC[C@@H](OC[C@@H]2NCCC[C@@H]2NS(C)(=O)=O)CC1. The van der Waals surface area contributed by atoms with Crippen LogP contribution in [0.5, 0.6) is 5.75 Å². The average Bonchev–Trinajstić information content (AvgIpc) is 2.68. The van der Waals surface area contributed by atoms with Crippen LogP contribution >= 0.6 is 0 Å². The fraction of sp³-hybridized carbons (Fsp3) is 0.714. The molecule has 1 saturated heterocycles. The molecule has 2 aliphatic rings. The Morgan fingerprint density at radius 3 is 2.55 bits per heavy atom. The molecule has 1 aromatic carbocycles. The van der Waals surface area contributed by atoms with E-state index in [1.54, 1.807) is 0 Å². The van der Waals surface area contributed by atoms with E-state index in [2.05, 4.69) is 10.0 Å². The minimum atomic E-state index is -3.30. The molecule has 0 aromatic heterocycles. The Morgan fingerprint density at radius 2 is 1.90 bits per heavy atom. The van der Waals surface area contributed by atoms with E-state index in [4.69, 9.17) is 9.47 Å². The first-order chi connectivity index (χ1) is 14.6. The Labute approximate surface area is 181 Å². The minimum absolute atomic E-state index is 0.0262. The maximum absolute atomic E-state index is 14.2. The zero-order chi connectivity index (χ0) is 22.6. The summed E-state index contributed by atoms with van der Waals surface area (Å²) in [4.78, 5) is 0. The van der Waals surface area contributed by atoms with Gasteiger partial charge in [0.1, 0.15) is 5.82 Å². The van der Waals surface area contributed by atoms with Crippen LogP contribution in [0.2, 0.25) is 0 Å². The van der Waals surface area contributed by atoms with Gasteiger partial charge in [-0.2, -0.15) is 0 Å². The molecule has 31 heavy (non-hydrogen) atoms. The molecule has 3 atom stereocenters. The van der Waals surface area contributed by atoms with Crippen molar-refractivity contribution in [3.63, 3.8) is 0 Å². The summed E-state index contributed by atoms with van der Waals surface area (Å²) in [5, 5.41) is 3.32. The van der Waals surface area contributed by atoms with Crippen LogP contribution in [-0.4, -0.2) is 52.4 Å². The molecule has 1 saturated carbocycles. The van der Waals surface area contributed by atoms with Crippen molar-refractivity contribution in [2.24, 2.45) is 0 Å². The van der Waals surface area contributed by atoms with Gasteiger partial charge in [0.2, 0.25) is 16.4 Å². The van der Waals surface area contributed by atoms with Gasteiger partial charge >= 0.3 is 0 Å². The van der Waals surface area contributed by atoms with Crippen molar-refractivity contribution < 1.29 is 31.1 Å². The molecule has 1 unspecified atom stereocenters.